The summed E-state index contributed by atoms with van der Waals surface area (Å²) < 4.78 is 44.8. The lowest BCUT2D eigenvalue weighted by Gasteiger charge is -2.23. The Balaban J connectivity index is 2.13. The Labute approximate surface area is 108 Å². The molecule has 0 amide bonds. The first kappa shape index (κ1) is 12.8. The summed E-state index contributed by atoms with van der Waals surface area (Å²) in [6.07, 6.45) is -2.99. The van der Waals surface area contributed by atoms with Gasteiger partial charge in [0.1, 0.15) is 5.60 Å². The number of nitrogens with one attached hydrogen (secondary N) is 1. The Bertz CT molecular complexity index is 510. The van der Waals surface area contributed by atoms with E-state index in [1.807, 2.05) is 0 Å². The predicted molar refractivity (Wildman–Crippen MR) is 60.1 cm³/mol. The van der Waals surface area contributed by atoms with E-state index in [1.165, 1.54) is 0 Å². The molecule has 0 aromatic carbocycles. The fraction of sp³-hybridized carbons (Fsp3) is 0.667. The highest BCUT2D eigenvalue weighted by atomic mass is 19.4. The van der Waals surface area contributed by atoms with Gasteiger partial charge in [0.15, 0.2) is 11.5 Å². The largest absolute Gasteiger partial charge is 0.433 e. The van der Waals surface area contributed by atoms with Crippen molar-refractivity contribution in [1.29, 1.82) is 0 Å². The van der Waals surface area contributed by atoms with Crippen LogP contribution in [0.25, 0.3) is 0 Å². The van der Waals surface area contributed by atoms with Gasteiger partial charge in [-0.3, -0.25) is 0 Å². The lowest BCUT2D eigenvalue weighted by atomic mass is 10.0. The zero-order chi connectivity index (χ0) is 13.7. The Hall–Kier alpha value is -1.21. The van der Waals surface area contributed by atoms with Crippen molar-refractivity contribution < 1.29 is 17.9 Å². The number of rotatable bonds is 1. The second kappa shape index (κ2) is 4.14. The summed E-state index contributed by atoms with van der Waals surface area (Å²) in [5.74, 6) is 0.153. The Morgan fingerprint density at radius 2 is 2.05 bits per heavy atom. The normalized spacial score (nSPS) is 26.7. The van der Waals surface area contributed by atoms with Crippen molar-refractivity contribution in [3.63, 3.8) is 0 Å². The van der Waals surface area contributed by atoms with Crippen molar-refractivity contribution in [2.24, 2.45) is 0 Å². The first-order chi connectivity index (χ1) is 8.90. The molecule has 1 unspecified atom stereocenters. The summed E-state index contributed by atoms with van der Waals surface area (Å²) in [6, 6.07) is 0. The predicted octanol–water partition coefficient (Wildman–Crippen LogP) is 2.12. The fourth-order valence-electron chi connectivity index (χ4n) is 2.59. The third kappa shape index (κ3) is 2.10. The van der Waals surface area contributed by atoms with E-state index in [1.54, 1.807) is 6.92 Å². The number of aromatic nitrogens is 2. The molecule has 1 aromatic heterocycles. The van der Waals surface area contributed by atoms with Gasteiger partial charge in [0.05, 0.1) is 5.69 Å². The number of ether oxygens (including phenoxy) is 1. The molecule has 3 heterocycles. The van der Waals surface area contributed by atoms with Gasteiger partial charge in [-0.25, -0.2) is 9.97 Å². The van der Waals surface area contributed by atoms with E-state index in [2.05, 4.69) is 15.3 Å². The van der Waals surface area contributed by atoms with Gasteiger partial charge in [0, 0.05) is 25.3 Å². The molecule has 0 saturated carbocycles. The zero-order valence-corrected chi connectivity index (χ0v) is 10.5. The maximum Gasteiger partial charge on any atom is 0.433 e. The van der Waals surface area contributed by atoms with Crippen LogP contribution in [0.1, 0.15) is 42.5 Å². The minimum Gasteiger partial charge on any atom is -0.367 e. The molecule has 1 saturated heterocycles. The van der Waals surface area contributed by atoms with Crippen LogP contribution < -0.4 is 5.32 Å². The van der Waals surface area contributed by atoms with Crippen LogP contribution in [0, 0.1) is 0 Å². The molecule has 1 N–H and O–H groups in total. The van der Waals surface area contributed by atoms with E-state index in [0.717, 1.165) is 6.42 Å². The molecule has 104 valence electrons. The van der Waals surface area contributed by atoms with E-state index in [0.29, 0.717) is 25.3 Å². The highest BCUT2D eigenvalue weighted by Gasteiger charge is 2.42. The van der Waals surface area contributed by atoms with Gasteiger partial charge in [-0.15, -0.1) is 0 Å². The third-order valence-electron chi connectivity index (χ3n) is 3.65. The molecule has 1 atom stereocenters. The minimum absolute atomic E-state index is 0.153. The van der Waals surface area contributed by atoms with Crippen LogP contribution in [-0.2, 0) is 29.6 Å². The van der Waals surface area contributed by atoms with Crippen molar-refractivity contribution in [3.8, 4) is 0 Å². The van der Waals surface area contributed by atoms with Crippen molar-refractivity contribution in [3.05, 3.63) is 22.8 Å². The number of hydrogen-bond donors (Lipinski definition) is 1. The van der Waals surface area contributed by atoms with E-state index in [-0.39, 0.29) is 17.9 Å². The Morgan fingerprint density at radius 1 is 1.26 bits per heavy atom. The summed E-state index contributed by atoms with van der Waals surface area (Å²) in [4.78, 5) is 8.05. The molecule has 0 spiro atoms. The van der Waals surface area contributed by atoms with Crippen LogP contribution >= 0.6 is 0 Å². The van der Waals surface area contributed by atoms with Gasteiger partial charge < -0.3 is 10.1 Å². The highest BCUT2D eigenvalue weighted by molar-refractivity contribution is 5.32. The minimum atomic E-state index is -4.46. The molecular weight excluding hydrogens is 259 g/mol. The van der Waals surface area contributed by atoms with Crippen molar-refractivity contribution >= 4 is 0 Å². The lowest BCUT2D eigenvalue weighted by molar-refractivity contribution is -0.142. The van der Waals surface area contributed by atoms with Gasteiger partial charge in [-0.1, -0.05) is 0 Å². The summed E-state index contributed by atoms with van der Waals surface area (Å²) in [5, 5.41) is 2.89. The average molecular weight is 273 g/mol. The van der Waals surface area contributed by atoms with Gasteiger partial charge >= 0.3 is 6.18 Å². The number of nitrogens with zero attached hydrogens (tertiary/aromatic N) is 2. The Kier molecular flexibility index (Phi) is 2.79. The molecule has 0 aliphatic carbocycles. The van der Waals surface area contributed by atoms with Crippen LogP contribution in [0.2, 0.25) is 0 Å². The van der Waals surface area contributed by atoms with Gasteiger partial charge in [-0.2, -0.15) is 13.2 Å². The van der Waals surface area contributed by atoms with Crippen LogP contribution in [0.3, 0.4) is 0 Å². The van der Waals surface area contributed by atoms with E-state index < -0.39 is 17.5 Å². The molecule has 4 nitrogen and oxygen atoms in total. The smallest absolute Gasteiger partial charge is 0.367 e. The topological polar surface area (TPSA) is 47.0 Å². The van der Waals surface area contributed by atoms with Crippen molar-refractivity contribution in [2.45, 2.75) is 44.6 Å². The van der Waals surface area contributed by atoms with Crippen molar-refractivity contribution in [2.75, 3.05) is 6.61 Å². The maximum absolute atomic E-state index is 13.1. The van der Waals surface area contributed by atoms with E-state index in [9.17, 15) is 13.2 Å². The number of alkyl halides is 3. The van der Waals surface area contributed by atoms with Crippen LogP contribution in [0.15, 0.2) is 0 Å². The van der Waals surface area contributed by atoms with Crippen LogP contribution in [0.5, 0.6) is 0 Å². The molecule has 0 radical (unpaired) electrons. The zero-order valence-electron chi connectivity index (χ0n) is 10.5. The average Bonchev–Trinajstić information content (AvgIpc) is 2.95. The molecule has 7 heteroatoms. The van der Waals surface area contributed by atoms with Gasteiger partial charge in [0.2, 0.25) is 0 Å². The molecule has 1 fully saturated rings. The summed E-state index contributed by atoms with van der Waals surface area (Å²) in [5.41, 5.74) is -1.02. The fourth-order valence-corrected chi connectivity index (χ4v) is 2.59. The van der Waals surface area contributed by atoms with E-state index in [4.69, 9.17) is 4.74 Å². The molecule has 2 aliphatic heterocycles. The number of hydrogen-bond acceptors (Lipinski definition) is 4. The maximum atomic E-state index is 13.1. The standard InChI is InChI=1S/C12H14F3N3O/c1-11(3-2-4-19-11)10-17-8-6-16-5-7(8)9(18-10)12(13,14)15/h16H,2-6H2,1H3. The molecule has 19 heavy (non-hydrogen) atoms. The quantitative estimate of drug-likeness (QED) is 0.851. The van der Waals surface area contributed by atoms with Gasteiger partial charge in [-0.05, 0) is 19.8 Å². The monoisotopic (exact) mass is 273 g/mol. The molecular formula is C12H14F3N3O. The summed E-state index contributed by atoms with van der Waals surface area (Å²) in [6.45, 7) is 2.81. The lowest BCUT2D eigenvalue weighted by Crippen LogP contribution is -2.27. The second-order valence-electron chi connectivity index (χ2n) is 5.11. The molecule has 2 aliphatic rings. The summed E-state index contributed by atoms with van der Waals surface area (Å²) >= 11 is 0. The second-order valence-corrected chi connectivity index (χ2v) is 5.11. The number of fused-ring (bicyclic) bond motifs is 1. The molecule has 0 bridgehead atoms. The third-order valence-corrected chi connectivity index (χ3v) is 3.65. The number of halogens is 3. The molecule has 1 aromatic rings. The highest BCUT2D eigenvalue weighted by Crippen LogP contribution is 2.38. The van der Waals surface area contributed by atoms with E-state index >= 15 is 0 Å². The Morgan fingerprint density at radius 3 is 2.68 bits per heavy atom. The SMILES string of the molecule is CC1(c2nc3c(c(C(F)(F)F)n2)CNC3)CCCO1. The first-order valence-corrected chi connectivity index (χ1v) is 6.22. The van der Waals surface area contributed by atoms with Crippen LogP contribution in [-0.4, -0.2) is 16.6 Å². The first-order valence-electron chi connectivity index (χ1n) is 6.22. The van der Waals surface area contributed by atoms with Crippen LogP contribution in [0.4, 0.5) is 13.2 Å². The molecule has 3 rings (SSSR count). The van der Waals surface area contributed by atoms with Gasteiger partial charge in [0.25, 0.3) is 0 Å². The van der Waals surface area contributed by atoms with Crippen molar-refractivity contribution in [1.82, 2.24) is 15.3 Å². The summed E-state index contributed by atoms with van der Waals surface area (Å²) in [7, 11) is 0.